The van der Waals surface area contributed by atoms with Crippen LogP contribution in [0.5, 0.6) is 0 Å². The summed E-state index contributed by atoms with van der Waals surface area (Å²) in [6.45, 7) is 11.1. The first-order valence-corrected chi connectivity index (χ1v) is 31.7. The SMILES string of the molecule is C1=Cc2cc3ccc(cc4nc(cc5ccc(cc1n2)[nH]5)C=C4)[nH]3.Cc1ccc(-c2c3nc(c(-c4ccc(C#C[Si](C)(C)C)cc4)c4ccc([nH]4)c(-c4ccc(C)cc4)c4nc(c(-c5ccc(I)cc5)c5ccc2[nH]5)C=C4)C=C3)cc1. The maximum atomic E-state index is 5.46. The van der Waals surface area contributed by atoms with Gasteiger partial charge in [0, 0.05) is 75.5 Å². The van der Waals surface area contributed by atoms with Crippen LogP contribution in [-0.2, 0) is 0 Å². The van der Waals surface area contributed by atoms with Crippen molar-refractivity contribution in [3.05, 3.63) is 236 Å². The average molecular weight is 1180 g/mol. The van der Waals surface area contributed by atoms with Crippen LogP contribution in [-0.4, -0.2) is 47.9 Å². The Balaban J connectivity index is 0.000000213. The number of aryl methyl sites for hydroxylation is 2. The molecule has 0 aliphatic carbocycles. The number of hydrogen-bond acceptors (Lipinski definition) is 4. The summed E-state index contributed by atoms with van der Waals surface area (Å²) in [6, 6.07) is 59.8. The Hall–Kier alpha value is -9.41. The first-order chi connectivity index (χ1) is 39.4. The smallest absolute Gasteiger partial charge is 0.129 e. The minimum absolute atomic E-state index is 0.888. The van der Waals surface area contributed by atoms with Crippen LogP contribution in [0.25, 0.3) is 137 Å². The number of aromatic amines is 4. The number of rotatable bonds is 4. The first kappa shape index (κ1) is 51.1. The van der Waals surface area contributed by atoms with Gasteiger partial charge in [0.1, 0.15) is 8.07 Å². The van der Waals surface area contributed by atoms with E-state index in [1.807, 2.05) is 48.6 Å². The minimum Gasteiger partial charge on any atom is -0.355 e. The van der Waals surface area contributed by atoms with Crippen molar-refractivity contribution in [3.63, 3.8) is 0 Å². The maximum absolute atomic E-state index is 5.46. The molecular formula is C71H55IN8Si. The molecule has 6 aromatic heterocycles. The lowest BCUT2D eigenvalue weighted by Crippen LogP contribution is -2.16. The number of aromatic nitrogens is 8. The molecule has 14 rings (SSSR count). The van der Waals surface area contributed by atoms with E-state index in [1.54, 1.807) is 0 Å². The molecule has 8 nitrogen and oxygen atoms in total. The summed E-state index contributed by atoms with van der Waals surface area (Å²) < 4.78 is 1.18. The first-order valence-electron chi connectivity index (χ1n) is 27.1. The zero-order valence-corrected chi connectivity index (χ0v) is 48.6. The van der Waals surface area contributed by atoms with Gasteiger partial charge >= 0.3 is 0 Å². The monoisotopic (exact) mass is 1170 g/mol. The van der Waals surface area contributed by atoms with Crippen LogP contribution in [0.2, 0.25) is 19.6 Å². The zero-order chi connectivity index (χ0) is 55.2. The van der Waals surface area contributed by atoms with Gasteiger partial charge in [-0.2, -0.15) is 0 Å². The maximum Gasteiger partial charge on any atom is 0.129 e. The van der Waals surface area contributed by atoms with Gasteiger partial charge in [-0.05, 0) is 204 Å². The number of halogens is 1. The Bertz CT molecular complexity index is 4460. The van der Waals surface area contributed by atoms with Crippen LogP contribution < -0.4 is 0 Å². The summed E-state index contributed by atoms with van der Waals surface area (Å²) in [6.07, 6.45) is 16.7. The van der Waals surface area contributed by atoms with Gasteiger partial charge in [-0.25, -0.2) is 19.9 Å². The highest BCUT2D eigenvalue weighted by atomic mass is 127. The van der Waals surface area contributed by atoms with Crippen molar-refractivity contribution in [2.24, 2.45) is 0 Å². The van der Waals surface area contributed by atoms with E-state index in [-0.39, 0.29) is 0 Å². The second kappa shape index (κ2) is 21.3. The topological polar surface area (TPSA) is 115 Å². The second-order valence-electron chi connectivity index (χ2n) is 21.7. The Morgan fingerprint density at radius 2 is 0.654 bits per heavy atom. The molecule has 4 N–H and O–H groups in total. The highest BCUT2D eigenvalue weighted by molar-refractivity contribution is 14.1. The lowest BCUT2D eigenvalue weighted by molar-refractivity contribution is 1.31. The van der Waals surface area contributed by atoms with E-state index in [4.69, 9.17) is 9.97 Å². The molecule has 0 unspecified atom stereocenters. The molecule has 0 radical (unpaired) electrons. The lowest BCUT2D eigenvalue weighted by Gasteiger charge is -2.08. The van der Waals surface area contributed by atoms with Crippen LogP contribution in [0, 0.1) is 28.9 Å². The van der Waals surface area contributed by atoms with E-state index in [0.717, 1.165) is 140 Å². The van der Waals surface area contributed by atoms with Gasteiger partial charge in [0.25, 0.3) is 0 Å². The van der Waals surface area contributed by atoms with Crippen molar-refractivity contribution in [2.45, 2.75) is 33.5 Å². The number of nitrogens with zero attached hydrogens (tertiary/aromatic N) is 4. The Morgan fingerprint density at radius 1 is 0.346 bits per heavy atom. The van der Waals surface area contributed by atoms with Gasteiger partial charge in [0.15, 0.2) is 0 Å². The molecule has 10 heteroatoms. The summed E-state index contributed by atoms with van der Waals surface area (Å²) in [7, 11) is -1.52. The predicted octanol–water partition coefficient (Wildman–Crippen LogP) is 18.4. The molecule has 4 aromatic carbocycles. The summed E-state index contributed by atoms with van der Waals surface area (Å²) in [5, 5.41) is 0. The van der Waals surface area contributed by atoms with Crippen molar-refractivity contribution in [1.29, 1.82) is 0 Å². The van der Waals surface area contributed by atoms with E-state index < -0.39 is 8.07 Å². The number of benzene rings is 4. The fourth-order valence-corrected chi connectivity index (χ4v) is 11.3. The van der Waals surface area contributed by atoms with E-state index in [2.05, 4.69) is 267 Å². The average Bonchev–Trinajstić information content (AvgIpc) is 4.48. The minimum atomic E-state index is -1.52. The summed E-state index contributed by atoms with van der Waals surface area (Å²) in [5.74, 6) is 3.43. The lowest BCUT2D eigenvalue weighted by atomic mass is 10.0. The van der Waals surface area contributed by atoms with Crippen molar-refractivity contribution >= 4 is 123 Å². The van der Waals surface area contributed by atoms with Crippen molar-refractivity contribution in [2.75, 3.05) is 0 Å². The quantitative estimate of drug-likeness (QED) is 0.0798. The number of fused-ring (bicyclic) bond motifs is 16. The highest BCUT2D eigenvalue weighted by Crippen LogP contribution is 2.39. The van der Waals surface area contributed by atoms with Crippen molar-refractivity contribution < 1.29 is 0 Å². The Kier molecular flexibility index (Phi) is 13.4. The van der Waals surface area contributed by atoms with Crippen LogP contribution in [0.3, 0.4) is 0 Å². The molecule has 0 atom stereocenters. The van der Waals surface area contributed by atoms with Gasteiger partial charge in [-0.15, -0.1) is 5.54 Å². The number of hydrogen-bond donors (Lipinski definition) is 4. The summed E-state index contributed by atoms with van der Waals surface area (Å²) in [4.78, 5) is 34.6. The molecule has 0 saturated heterocycles. The van der Waals surface area contributed by atoms with Gasteiger partial charge in [-0.3, -0.25) is 0 Å². The largest absolute Gasteiger partial charge is 0.355 e. The molecule has 10 aromatic rings. The van der Waals surface area contributed by atoms with Crippen LogP contribution in [0.1, 0.15) is 62.2 Å². The third kappa shape index (κ3) is 11.1. The van der Waals surface area contributed by atoms with E-state index >= 15 is 0 Å². The second-order valence-corrected chi connectivity index (χ2v) is 27.7. The number of nitrogens with one attached hydrogen (secondary N) is 4. The summed E-state index contributed by atoms with van der Waals surface area (Å²) >= 11 is 2.37. The standard InChI is InChI=1S/C51H41IN4Si.C20H14N4/c1-32-6-12-35(13-7-32)48-40-22-26-44(53-40)50(37-16-10-34(11-17-37)30-31-57(3,4)5)45-27-23-41(54-45)49(36-14-8-33(2)9-15-36)43-25-29-47(56-43)51(46-28-24-42(48)55-46)38-18-20-39(52)21-19-38;1-2-14-10-16-5-6-18(23-16)12-20-8-7-19(24-20)11-17-4-3-15(22-17)9-13(1)21-14/h6-29,53,56H,1-5H3;1-12,21,24H. The molecule has 4 aliphatic heterocycles. The molecule has 0 spiro atoms. The van der Waals surface area contributed by atoms with Crippen molar-refractivity contribution in [3.8, 4) is 56.0 Å². The zero-order valence-electron chi connectivity index (χ0n) is 45.5. The van der Waals surface area contributed by atoms with Crippen LogP contribution in [0.15, 0.2) is 170 Å². The molecule has 4 aliphatic rings. The molecular weight excluding hydrogens is 1120 g/mol. The molecule has 0 saturated carbocycles. The van der Waals surface area contributed by atoms with Crippen molar-refractivity contribution in [1.82, 2.24) is 39.9 Å². The van der Waals surface area contributed by atoms with Gasteiger partial charge < -0.3 is 19.9 Å². The molecule has 0 amide bonds. The Morgan fingerprint density at radius 3 is 0.975 bits per heavy atom. The van der Waals surface area contributed by atoms with E-state index in [9.17, 15) is 0 Å². The molecule has 0 fully saturated rings. The highest BCUT2D eigenvalue weighted by Gasteiger charge is 2.20. The van der Waals surface area contributed by atoms with E-state index in [1.165, 1.54) is 14.7 Å². The van der Waals surface area contributed by atoms with Gasteiger partial charge in [0.2, 0.25) is 0 Å². The Labute approximate surface area is 485 Å². The fourth-order valence-electron chi connectivity index (χ4n) is 10.4. The normalized spacial score (nSPS) is 12.3. The van der Waals surface area contributed by atoms with Crippen LogP contribution in [0.4, 0.5) is 0 Å². The van der Waals surface area contributed by atoms with Gasteiger partial charge in [0.05, 0.1) is 45.6 Å². The summed E-state index contributed by atoms with van der Waals surface area (Å²) in [5.41, 5.74) is 30.8. The molecule has 81 heavy (non-hydrogen) atoms. The van der Waals surface area contributed by atoms with E-state index in [0.29, 0.717) is 0 Å². The third-order valence-electron chi connectivity index (χ3n) is 14.4. The predicted molar refractivity (Wildman–Crippen MR) is 352 cm³/mol. The van der Waals surface area contributed by atoms with Crippen LogP contribution >= 0.6 is 22.6 Å². The van der Waals surface area contributed by atoms with Gasteiger partial charge in [-0.1, -0.05) is 109 Å². The fraction of sp³-hybridized carbons (Fsp3) is 0.0704. The molecule has 10 heterocycles. The third-order valence-corrected chi connectivity index (χ3v) is 16.0. The molecule has 16 bridgehead atoms. The molecule has 390 valence electrons. The number of H-pyrrole nitrogens is 4.